The van der Waals surface area contributed by atoms with E-state index < -0.39 is 0 Å². The Morgan fingerprint density at radius 3 is 2.54 bits per heavy atom. The van der Waals surface area contributed by atoms with Crippen molar-refractivity contribution in [2.45, 2.75) is 19.9 Å². The molecule has 0 bridgehead atoms. The van der Waals surface area contributed by atoms with E-state index in [1.165, 1.54) is 5.56 Å². The third kappa shape index (κ3) is 6.11. The number of benzene rings is 1. The highest BCUT2D eigenvalue weighted by molar-refractivity contribution is 7.08. The molecule has 26 heavy (non-hydrogen) atoms. The summed E-state index contributed by atoms with van der Waals surface area (Å²) in [5, 5.41) is 4.09. The van der Waals surface area contributed by atoms with Crippen molar-refractivity contribution >= 4 is 36.2 Å². The monoisotopic (exact) mass is 413 g/mol. The Balaban J connectivity index is 0.00000169. The number of halogens is 2. The second-order valence-electron chi connectivity index (χ2n) is 5.83. The smallest absolute Gasteiger partial charge is 0.227 e. The summed E-state index contributed by atoms with van der Waals surface area (Å²) in [6, 6.07) is 12.6. The van der Waals surface area contributed by atoms with Gasteiger partial charge < -0.3 is 10.2 Å². The van der Waals surface area contributed by atoms with Crippen LogP contribution in [0.25, 0.3) is 11.5 Å². The SMILES string of the molecule is Cc1oc(-c2ccsc2)nc1CN(CCN)CCc1ccccc1.Cl.Cl. The largest absolute Gasteiger partial charge is 0.441 e. The molecule has 2 N–H and O–H groups in total. The van der Waals surface area contributed by atoms with Gasteiger partial charge in [0.15, 0.2) is 0 Å². The summed E-state index contributed by atoms with van der Waals surface area (Å²) in [4.78, 5) is 7.03. The Labute approximate surface area is 171 Å². The van der Waals surface area contributed by atoms with Crippen molar-refractivity contribution in [3.8, 4) is 11.5 Å². The van der Waals surface area contributed by atoms with Crippen molar-refractivity contribution in [3.05, 3.63) is 64.2 Å². The third-order valence-electron chi connectivity index (χ3n) is 4.04. The molecule has 1 aromatic carbocycles. The third-order valence-corrected chi connectivity index (χ3v) is 4.72. The molecule has 0 radical (unpaired) electrons. The lowest BCUT2D eigenvalue weighted by Gasteiger charge is -2.20. The average Bonchev–Trinajstić information content (AvgIpc) is 3.24. The van der Waals surface area contributed by atoms with Crippen LogP contribution in [-0.4, -0.2) is 29.5 Å². The minimum Gasteiger partial charge on any atom is -0.441 e. The van der Waals surface area contributed by atoms with Crippen molar-refractivity contribution in [2.75, 3.05) is 19.6 Å². The molecule has 0 unspecified atom stereocenters. The molecule has 0 aliphatic carbocycles. The Kier molecular flexibility index (Phi) is 9.91. The van der Waals surface area contributed by atoms with Crippen LogP contribution in [0.4, 0.5) is 0 Å². The van der Waals surface area contributed by atoms with E-state index in [4.69, 9.17) is 10.2 Å². The molecule has 2 aromatic heterocycles. The summed E-state index contributed by atoms with van der Waals surface area (Å²) in [6.07, 6.45) is 1.01. The molecule has 0 atom stereocenters. The topological polar surface area (TPSA) is 55.3 Å². The van der Waals surface area contributed by atoms with Crippen LogP contribution in [0.1, 0.15) is 17.0 Å². The van der Waals surface area contributed by atoms with Gasteiger partial charge in [0.2, 0.25) is 5.89 Å². The molecule has 0 saturated carbocycles. The number of hydrogen-bond acceptors (Lipinski definition) is 5. The normalized spacial score (nSPS) is 10.4. The fraction of sp³-hybridized carbons (Fsp3) is 0.316. The van der Waals surface area contributed by atoms with Crippen LogP contribution in [0, 0.1) is 6.92 Å². The summed E-state index contributed by atoms with van der Waals surface area (Å²) in [5.41, 5.74) is 9.17. The van der Waals surface area contributed by atoms with Gasteiger partial charge in [-0.2, -0.15) is 11.3 Å². The van der Waals surface area contributed by atoms with Gasteiger partial charge in [-0.1, -0.05) is 30.3 Å². The molecule has 7 heteroatoms. The van der Waals surface area contributed by atoms with E-state index in [1.807, 2.05) is 24.4 Å². The number of aryl methyl sites for hydroxylation is 1. The average molecular weight is 414 g/mol. The highest BCUT2D eigenvalue weighted by atomic mass is 35.5. The van der Waals surface area contributed by atoms with Gasteiger partial charge in [0.05, 0.1) is 5.69 Å². The van der Waals surface area contributed by atoms with E-state index in [0.29, 0.717) is 12.4 Å². The number of rotatable bonds is 8. The molecule has 0 amide bonds. The maximum Gasteiger partial charge on any atom is 0.227 e. The van der Waals surface area contributed by atoms with Gasteiger partial charge >= 0.3 is 0 Å². The minimum absolute atomic E-state index is 0. The molecule has 2 heterocycles. The first-order valence-electron chi connectivity index (χ1n) is 8.21. The molecule has 3 aromatic rings. The number of hydrogen-bond donors (Lipinski definition) is 1. The zero-order valence-electron chi connectivity index (χ0n) is 14.8. The first-order valence-corrected chi connectivity index (χ1v) is 9.16. The predicted molar refractivity (Wildman–Crippen MR) is 114 cm³/mol. The molecular formula is C19H25Cl2N3OS. The van der Waals surface area contributed by atoms with Crippen molar-refractivity contribution in [2.24, 2.45) is 5.73 Å². The van der Waals surface area contributed by atoms with Crippen LogP contribution in [0.2, 0.25) is 0 Å². The first-order chi connectivity index (χ1) is 11.8. The number of thiophene rings is 1. The van der Waals surface area contributed by atoms with Crippen LogP contribution >= 0.6 is 36.2 Å². The van der Waals surface area contributed by atoms with Gasteiger partial charge in [-0.15, -0.1) is 24.8 Å². The van der Waals surface area contributed by atoms with Crippen molar-refractivity contribution in [1.82, 2.24) is 9.88 Å². The van der Waals surface area contributed by atoms with Crippen LogP contribution in [0.15, 0.2) is 51.6 Å². The summed E-state index contributed by atoms with van der Waals surface area (Å²) < 4.78 is 5.84. The summed E-state index contributed by atoms with van der Waals surface area (Å²) in [5.74, 6) is 1.59. The minimum atomic E-state index is 0. The van der Waals surface area contributed by atoms with E-state index >= 15 is 0 Å². The molecule has 4 nitrogen and oxygen atoms in total. The molecule has 0 fully saturated rings. The molecule has 0 saturated heterocycles. The molecule has 0 aliphatic rings. The second-order valence-corrected chi connectivity index (χ2v) is 6.61. The van der Waals surface area contributed by atoms with E-state index in [-0.39, 0.29) is 24.8 Å². The molecule has 3 rings (SSSR count). The Morgan fingerprint density at radius 2 is 1.88 bits per heavy atom. The molecule has 0 aliphatic heterocycles. The number of nitrogens with two attached hydrogens (primary N) is 1. The fourth-order valence-corrected chi connectivity index (χ4v) is 3.31. The second kappa shape index (κ2) is 11.4. The van der Waals surface area contributed by atoms with Gasteiger partial charge in [-0.3, -0.25) is 4.90 Å². The van der Waals surface area contributed by atoms with Crippen LogP contribution in [0.5, 0.6) is 0 Å². The highest BCUT2D eigenvalue weighted by Gasteiger charge is 2.15. The van der Waals surface area contributed by atoms with Gasteiger partial charge in [-0.05, 0) is 30.4 Å². The number of nitrogens with zero attached hydrogens (tertiary/aromatic N) is 2. The molecule has 0 spiro atoms. The zero-order valence-corrected chi connectivity index (χ0v) is 17.2. The lowest BCUT2D eigenvalue weighted by molar-refractivity contribution is 0.272. The molecular weight excluding hydrogens is 389 g/mol. The summed E-state index contributed by atoms with van der Waals surface area (Å²) in [7, 11) is 0. The maximum absolute atomic E-state index is 5.84. The molecule has 142 valence electrons. The number of aromatic nitrogens is 1. The Bertz CT molecular complexity index is 748. The zero-order chi connectivity index (χ0) is 16.8. The van der Waals surface area contributed by atoms with Gasteiger partial charge in [0.1, 0.15) is 5.76 Å². The van der Waals surface area contributed by atoms with E-state index in [0.717, 1.165) is 43.1 Å². The summed E-state index contributed by atoms with van der Waals surface area (Å²) in [6.45, 7) is 5.21. The first kappa shape index (κ1) is 22.7. The number of oxazole rings is 1. The van der Waals surface area contributed by atoms with E-state index in [2.05, 4.69) is 39.5 Å². The van der Waals surface area contributed by atoms with Crippen LogP contribution < -0.4 is 5.73 Å². The maximum atomic E-state index is 5.84. The standard InChI is InChI=1S/C19H23N3OS.2ClH/c1-15-18(21-19(23-15)17-8-12-24-14-17)13-22(11-9-20)10-7-16-5-3-2-4-6-16;;/h2-6,8,12,14H,7,9-11,13,20H2,1H3;2*1H. The predicted octanol–water partition coefficient (Wildman–Crippen LogP) is 4.56. The van der Waals surface area contributed by atoms with Crippen molar-refractivity contribution < 1.29 is 4.42 Å². The lowest BCUT2D eigenvalue weighted by atomic mass is 10.1. The van der Waals surface area contributed by atoms with Crippen molar-refractivity contribution in [3.63, 3.8) is 0 Å². The van der Waals surface area contributed by atoms with Gasteiger partial charge in [0, 0.05) is 37.1 Å². The lowest BCUT2D eigenvalue weighted by Crippen LogP contribution is -2.31. The van der Waals surface area contributed by atoms with Crippen molar-refractivity contribution in [1.29, 1.82) is 0 Å². The van der Waals surface area contributed by atoms with Gasteiger partial charge in [0.25, 0.3) is 0 Å². The van der Waals surface area contributed by atoms with Crippen LogP contribution in [0.3, 0.4) is 0 Å². The van der Waals surface area contributed by atoms with E-state index in [9.17, 15) is 0 Å². The Morgan fingerprint density at radius 1 is 1.12 bits per heavy atom. The Hall–Kier alpha value is -1.37. The van der Waals surface area contributed by atoms with Gasteiger partial charge in [-0.25, -0.2) is 4.98 Å². The highest BCUT2D eigenvalue weighted by Crippen LogP contribution is 2.24. The quantitative estimate of drug-likeness (QED) is 0.587. The van der Waals surface area contributed by atoms with Crippen LogP contribution in [-0.2, 0) is 13.0 Å². The fourth-order valence-electron chi connectivity index (χ4n) is 2.68. The van der Waals surface area contributed by atoms with E-state index in [1.54, 1.807) is 11.3 Å². The summed E-state index contributed by atoms with van der Waals surface area (Å²) >= 11 is 1.65.